The fourth-order valence-electron chi connectivity index (χ4n) is 0.566. The van der Waals surface area contributed by atoms with E-state index in [9.17, 15) is 0 Å². The molecule has 4 heteroatoms. The molecule has 0 saturated heterocycles. The number of rotatable bonds is 2. The molecule has 96 valence electrons. The Morgan fingerprint density at radius 2 is 0.600 bits per heavy atom. The average molecular weight is 220 g/mol. The highest BCUT2D eigenvalue weighted by Gasteiger charge is 1.87. The summed E-state index contributed by atoms with van der Waals surface area (Å²) in [6.45, 7) is 1.03. The highest BCUT2D eigenvalue weighted by molar-refractivity contribution is 4.35. The van der Waals surface area contributed by atoms with Crippen LogP contribution < -0.4 is 0 Å². The van der Waals surface area contributed by atoms with Crippen LogP contribution in [0, 0.1) is 0 Å². The van der Waals surface area contributed by atoms with E-state index < -0.39 is 0 Å². The van der Waals surface area contributed by atoms with E-state index in [0.29, 0.717) is 0 Å². The van der Waals surface area contributed by atoms with Crippen molar-refractivity contribution < 1.29 is 0 Å². The molecule has 0 amide bonds. The highest BCUT2D eigenvalue weighted by atomic mass is 15.2. The second kappa shape index (κ2) is 13.8. The van der Waals surface area contributed by atoms with Crippen LogP contribution in [0.5, 0.6) is 0 Å². The summed E-state index contributed by atoms with van der Waals surface area (Å²) in [5.74, 6) is 0. The Morgan fingerprint density at radius 1 is 0.467 bits per heavy atom. The smallest absolute Gasteiger partial charge is 0.0495 e. The monoisotopic (exact) mass is 220 g/mol. The van der Waals surface area contributed by atoms with Crippen molar-refractivity contribution in [2.75, 3.05) is 77.1 Å². The molecule has 0 aliphatic rings. The quantitative estimate of drug-likeness (QED) is 0.625. The van der Waals surface area contributed by atoms with Gasteiger partial charge in [0.25, 0.3) is 0 Å². The summed E-state index contributed by atoms with van der Waals surface area (Å²) in [6.07, 6.45) is 0. The zero-order chi connectivity index (χ0) is 13.0. The lowest BCUT2D eigenvalue weighted by molar-refractivity contribution is 0.245. The Morgan fingerprint density at radius 3 is 0.600 bits per heavy atom. The van der Waals surface area contributed by atoms with Gasteiger partial charge in [0, 0.05) is 6.67 Å². The normalized spacial score (nSPS) is 10.0. The molecule has 0 aromatic rings. The average Bonchev–Trinajstić information content (AvgIpc) is 1.78. The first-order chi connectivity index (χ1) is 6.59. The van der Waals surface area contributed by atoms with Gasteiger partial charge in [-0.15, -0.1) is 0 Å². The maximum absolute atomic E-state index is 2.12. The predicted molar refractivity (Wildman–Crippen MR) is 71.5 cm³/mol. The SMILES string of the molecule is CN(C)C.CN(C)C.CN(C)CN(C)C. The summed E-state index contributed by atoms with van der Waals surface area (Å²) in [7, 11) is 20.2. The van der Waals surface area contributed by atoms with Gasteiger partial charge in [0.05, 0.1) is 0 Å². The number of hydrogen-bond donors (Lipinski definition) is 0. The van der Waals surface area contributed by atoms with Gasteiger partial charge >= 0.3 is 0 Å². The molecule has 15 heavy (non-hydrogen) atoms. The molecule has 4 nitrogen and oxygen atoms in total. The Labute approximate surface area is 97.4 Å². The zero-order valence-corrected chi connectivity index (χ0v) is 12.5. The van der Waals surface area contributed by atoms with Crippen LogP contribution in [0.15, 0.2) is 0 Å². The van der Waals surface area contributed by atoms with Crippen LogP contribution >= 0.6 is 0 Å². The van der Waals surface area contributed by atoms with E-state index in [1.807, 2.05) is 52.1 Å². The third-order valence-corrected chi connectivity index (χ3v) is 0.566. The van der Waals surface area contributed by atoms with Gasteiger partial charge in [-0.2, -0.15) is 0 Å². The largest absolute Gasteiger partial charge is 0.312 e. The first-order valence-corrected chi connectivity index (χ1v) is 5.10. The maximum atomic E-state index is 2.12. The number of nitrogens with zero attached hydrogens (tertiary/aromatic N) is 4. The van der Waals surface area contributed by atoms with E-state index in [-0.39, 0.29) is 0 Å². The van der Waals surface area contributed by atoms with Gasteiger partial charge in [-0.05, 0) is 70.5 Å². The minimum atomic E-state index is 1.03. The molecule has 0 unspecified atom stereocenters. The summed E-state index contributed by atoms with van der Waals surface area (Å²) in [4.78, 5) is 8.25. The lowest BCUT2D eigenvalue weighted by Gasteiger charge is -2.14. The van der Waals surface area contributed by atoms with E-state index in [1.165, 1.54) is 0 Å². The fourth-order valence-corrected chi connectivity index (χ4v) is 0.566. The van der Waals surface area contributed by atoms with Crippen molar-refractivity contribution >= 4 is 0 Å². The zero-order valence-electron chi connectivity index (χ0n) is 12.5. The van der Waals surface area contributed by atoms with Crippen LogP contribution in [0.3, 0.4) is 0 Å². The van der Waals surface area contributed by atoms with Crippen molar-refractivity contribution in [3.05, 3.63) is 0 Å². The van der Waals surface area contributed by atoms with Crippen molar-refractivity contribution in [2.45, 2.75) is 0 Å². The molecular formula is C11H32N4. The molecule has 0 aliphatic heterocycles. The predicted octanol–water partition coefficient (Wildman–Crippen LogP) is 0.423. The fraction of sp³-hybridized carbons (Fsp3) is 1.00. The summed E-state index contributed by atoms with van der Waals surface area (Å²) >= 11 is 0. The van der Waals surface area contributed by atoms with Crippen LogP contribution in [0.2, 0.25) is 0 Å². The summed E-state index contributed by atoms with van der Waals surface area (Å²) < 4.78 is 0. The third-order valence-electron chi connectivity index (χ3n) is 0.566. The molecule has 0 heterocycles. The Kier molecular flexibility index (Phi) is 18.7. The third kappa shape index (κ3) is 132. The summed E-state index contributed by atoms with van der Waals surface area (Å²) in [5, 5.41) is 0. The van der Waals surface area contributed by atoms with E-state index in [4.69, 9.17) is 0 Å². The van der Waals surface area contributed by atoms with Gasteiger partial charge in [-0.3, -0.25) is 9.80 Å². The molecule has 0 N–H and O–H groups in total. The minimum Gasteiger partial charge on any atom is -0.312 e. The van der Waals surface area contributed by atoms with Gasteiger partial charge in [0.1, 0.15) is 0 Å². The van der Waals surface area contributed by atoms with Crippen molar-refractivity contribution in [1.82, 2.24) is 19.6 Å². The highest BCUT2D eigenvalue weighted by Crippen LogP contribution is 1.74. The Hall–Kier alpha value is -0.160. The van der Waals surface area contributed by atoms with Crippen LogP contribution in [0.1, 0.15) is 0 Å². The molecule has 0 saturated carbocycles. The van der Waals surface area contributed by atoms with Crippen LogP contribution in [-0.2, 0) is 0 Å². The van der Waals surface area contributed by atoms with E-state index in [2.05, 4.69) is 38.0 Å². The van der Waals surface area contributed by atoms with Gasteiger partial charge in [0.15, 0.2) is 0 Å². The first kappa shape index (κ1) is 20.3. The van der Waals surface area contributed by atoms with Gasteiger partial charge in [-0.1, -0.05) is 0 Å². The second-order valence-electron chi connectivity index (χ2n) is 4.98. The maximum Gasteiger partial charge on any atom is 0.0495 e. The molecule has 0 spiro atoms. The van der Waals surface area contributed by atoms with E-state index >= 15 is 0 Å². The molecule has 0 aliphatic carbocycles. The number of hydrogen-bond acceptors (Lipinski definition) is 4. The van der Waals surface area contributed by atoms with Crippen LogP contribution in [0.25, 0.3) is 0 Å². The molecule has 0 aromatic heterocycles. The van der Waals surface area contributed by atoms with Crippen LogP contribution in [0.4, 0.5) is 0 Å². The van der Waals surface area contributed by atoms with Gasteiger partial charge < -0.3 is 9.80 Å². The van der Waals surface area contributed by atoms with E-state index in [1.54, 1.807) is 0 Å². The minimum absolute atomic E-state index is 1.03. The van der Waals surface area contributed by atoms with Crippen molar-refractivity contribution in [3.63, 3.8) is 0 Å². The van der Waals surface area contributed by atoms with Crippen molar-refractivity contribution in [1.29, 1.82) is 0 Å². The molecule has 0 atom stereocenters. The standard InChI is InChI=1S/C5H14N2.2C3H9N/c1-6(2)5-7(3)4;2*1-4(2)3/h5H2,1-4H3;2*1-3H3. The molecule has 0 aromatic carbocycles. The first-order valence-electron chi connectivity index (χ1n) is 5.10. The van der Waals surface area contributed by atoms with Crippen LogP contribution in [-0.4, -0.2) is 96.7 Å². The second-order valence-corrected chi connectivity index (χ2v) is 4.98. The molecule has 0 bridgehead atoms. The topological polar surface area (TPSA) is 13.0 Å². The molecule has 0 radical (unpaired) electrons. The Bertz CT molecular complexity index is 83.3. The molecule has 0 fully saturated rings. The van der Waals surface area contributed by atoms with E-state index in [0.717, 1.165) is 6.67 Å². The summed E-state index contributed by atoms with van der Waals surface area (Å²) in [5.41, 5.74) is 0. The van der Waals surface area contributed by atoms with Crippen molar-refractivity contribution in [3.8, 4) is 0 Å². The molecular weight excluding hydrogens is 188 g/mol. The van der Waals surface area contributed by atoms with Gasteiger partial charge in [-0.25, -0.2) is 0 Å². The summed E-state index contributed by atoms with van der Waals surface area (Å²) in [6, 6.07) is 0. The van der Waals surface area contributed by atoms with Gasteiger partial charge in [0.2, 0.25) is 0 Å². The lowest BCUT2D eigenvalue weighted by Crippen LogP contribution is -2.26. The molecule has 0 rings (SSSR count). The van der Waals surface area contributed by atoms with Crippen molar-refractivity contribution in [2.24, 2.45) is 0 Å². The Balaban J connectivity index is -0.000000155. The lowest BCUT2D eigenvalue weighted by atomic mass is 10.8.